The predicted molar refractivity (Wildman–Crippen MR) is 64.4 cm³/mol. The lowest BCUT2D eigenvalue weighted by atomic mass is 10.1. The van der Waals surface area contributed by atoms with Crippen molar-refractivity contribution in [2.75, 3.05) is 13.1 Å². The second-order valence-electron chi connectivity index (χ2n) is 4.12. The molecule has 0 fully saturated rings. The summed E-state index contributed by atoms with van der Waals surface area (Å²) in [6.45, 7) is 9.78. The third-order valence-corrected chi connectivity index (χ3v) is 2.38. The Morgan fingerprint density at radius 2 is 2.07 bits per heavy atom. The molecule has 14 heavy (non-hydrogen) atoms. The van der Waals surface area contributed by atoms with E-state index in [0.29, 0.717) is 6.04 Å². The van der Waals surface area contributed by atoms with Crippen molar-refractivity contribution in [2.45, 2.75) is 52.0 Å². The summed E-state index contributed by atoms with van der Waals surface area (Å²) in [5.41, 5.74) is 6.86. The van der Waals surface area contributed by atoms with Gasteiger partial charge in [-0.1, -0.05) is 44.8 Å². The van der Waals surface area contributed by atoms with Crippen LogP contribution in [-0.2, 0) is 0 Å². The minimum absolute atomic E-state index is 0.476. The molecule has 0 aromatic rings. The molecule has 0 heterocycles. The number of hydrogen-bond donors (Lipinski definition) is 2. The fourth-order valence-corrected chi connectivity index (χ4v) is 1.44. The molecular formula is C12H26N2. The van der Waals surface area contributed by atoms with Gasteiger partial charge in [-0.2, -0.15) is 0 Å². The van der Waals surface area contributed by atoms with Crippen LogP contribution in [0.25, 0.3) is 0 Å². The van der Waals surface area contributed by atoms with E-state index < -0.39 is 0 Å². The van der Waals surface area contributed by atoms with Crippen molar-refractivity contribution in [3.8, 4) is 0 Å². The monoisotopic (exact) mass is 198 g/mol. The Morgan fingerprint density at radius 1 is 1.36 bits per heavy atom. The van der Waals surface area contributed by atoms with E-state index >= 15 is 0 Å². The molecule has 0 aliphatic heterocycles. The first kappa shape index (κ1) is 13.7. The van der Waals surface area contributed by atoms with E-state index in [2.05, 4.69) is 18.8 Å². The van der Waals surface area contributed by atoms with Gasteiger partial charge >= 0.3 is 0 Å². The molecule has 0 aromatic carbocycles. The van der Waals surface area contributed by atoms with Crippen LogP contribution in [0.3, 0.4) is 0 Å². The summed E-state index contributed by atoms with van der Waals surface area (Å²) in [4.78, 5) is 0. The first-order chi connectivity index (χ1) is 6.70. The number of rotatable bonds is 9. The van der Waals surface area contributed by atoms with Gasteiger partial charge in [-0.25, -0.2) is 0 Å². The summed E-state index contributed by atoms with van der Waals surface area (Å²) in [7, 11) is 0. The van der Waals surface area contributed by atoms with E-state index in [1.165, 1.54) is 37.7 Å². The minimum atomic E-state index is 0.476. The van der Waals surface area contributed by atoms with Crippen LogP contribution in [0.2, 0.25) is 0 Å². The van der Waals surface area contributed by atoms with E-state index in [9.17, 15) is 0 Å². The average molecular weight is 198 g/mol. The average Bonchev–Trinajstić information content (AvgIpc) is 2.16. The highest BCUT2D eigenvalue weighted by Crippen LogP contribution is 2.05. The van der Waals surface area contributed by atoms with Gasteiger partial charge in [0.15, 0.2) is 0 Å². The number of unbranched alkanes of at least 4 members (excludes halogenated alkanes) is 3. The lowest BCUT2D eigenvalue weighted by molar-refractivity contribution is 0.476. The van der Waals surface area contributed by atoms with Crippen LogP contribution in [0.5, 0.6) is 0 Å². The van der Waals surface area contributed by atoms with Crippen LogP contribution < -0.4 is 11.1 Å². The van der Waals surface area contributed by atoms with Gasteiger partial charge in [0.25, 0.3) is 0 Å². The topological polar surface area (TPSA) is 38.0 Å². The van der Waals surface area contributed by atoms with Gasteiger partial charge in [0.1, 0.15) is 0 Å². The van der Waals surface area contributed by atoms with Crippen LogP contribution in [-0.4, -0.2) is 19.1 Å². The Labute approximate surface area is 89.0 Å². The molecule has 0 bridgehead atoms. The summed E-state index contributed by atoms with van der Waals surface area (Å²) in [5.74, 6) is 0. The fourth-order valence-electron chi connectivity index (χ4n) is 1.44. The quantitative estimate of drug-likeness (QED) is 0.441. The molecule has 0 saturated carbocycles. The molecule has 0 aliphatic carbocycles. The predicted octanol–water partition coefficient (Wildman–Crippen LogP) is 2.45. The second-order valence-corrected chi connectivity index (χ2v) is 4.12. The third kappa shape index (κ3) is 8.27. The van der Waals surface area contributed by atoms with Crippen LogP contribution in [0.4, 0.5) is 0 Å². The Hall–Kier alpha value is -0.340. The van der Waals surface area contributed by atoms with Crippen molar-refractivity contribution in [1.82, 2.24) is 5.32 Å². The molecule has 1 atom stereocenters. The van der Waals surface area contributed by atoms with Crippen LogP contribution in [0, 0.1) is 0 Å². The van der Waals surface area contributed by atoms with Gasteiger partial charge in [0, 0.05) is 19.1 Å². The highest BCUT2D eigenvalue weighted by atomic mass is 14.9. The van der Waals surface area contributed by atoms with E-state index in [1.54, 1.807) is 0 Å². The molecule has 0 aromatic heterocycles. The zero-order valence-corrected chi connectivity index (χ0v) is 9.81. The van der Waals surface area contributed by atoms with Gasteiger partial charge in [0.2, 0.25) is 0 Å². The number of nitrogens with two attached hydrogens (primary N) is 1. The fraction of sp³-hybridized carbons (Fsp3) is 0.833. The second kappa shape index (κ2) is 9.22. The molecule has 0 spiro atoms. The summed E-state index contributed by atoms with van der Waals surface area (Å²) in [6, 6.07) is 0.476. The molecule has 1 unspecified atom stereocenters. The maximum atomic E-state index is 5.68. The first-order valence-electron chi connectivity index (χ1n) is 5.78. The zero-order valence-electron chi connectivity index (χ0n) is 9.81. The summed E-state index contributed by atoms with van der Waals surface area (Å²) < 4.78 is 0. The maximum Gasteiger partial charge on any atom is 0.0193 e. The van der Waals surface area contributed by atoms with Gasteiger partial charge < -0.3 is 11.1 Å². The van der Waals surface area contributed by atoms with Crippen molar-refractivity contribution in [2.24, 2.45) is 5.73 Å². The van der Waals surface area contributed by atoms with Crippen LogP contribution >= 0.6 is 0 Å². The maximum absolute atomic E-state index is 5.68. The zero-order chi connectivity index (χ0) is 10.8. The van der Waals surface area contributed by atoms with Crippen LogP contribution in [0.15, 0.2) is 12.2 Å². The molecule has 2 heteroatoms. The summed E-state index contributed by atoms with van der Waals surface area (Å²) in [6.07, 6.45) is 6.47. The van der Waals surface area contributed by atoms with E-state index in [4.69, 9.17) is 5.73 Å². The summed E-state index contributed by atoms with van der Waals surface area (Å²) >= 11 is 0. The summed E-state index contributed by atoms with van der Waals surface area (Å²) in [5, 5.41) is 3.42. The highest BCUT2D eigenvalue weighted by Gasteiger charge is 2.04. The molecule has 0 saturated heterocycles. The van der Waals surface area contributed by atoms with E-state index in [-0.39, 0.29) is 0 Å². The standard InChI is InChI=1S/C12H26N2/c1-4-5-6-7-8-12(9-13)14-10-11(2)3/h12,14H,2,4-10,13H2,1,3H3. The third-order valence-electron chi connectivity index (χ3n) is 2.38. The molecule has 0 aliphatic rings. The highest BCUT2D eigenvalue weighted by molar-refractivity contribution is 4.91. The minimum Gasteiger partial charge on any atom is -0.329 e. The van der Waals surface area contributed by atoms with Gasteiger partial charge in [0.05, 0.1) is 0 Å². The molecule has 0 amide bonds. The SMILES string of the molecule is C=C(C)CNC(CN)CCCCCC. The molecule has 3 N–H and O–H groups in total. The van der Waals surface area contributed by atoms with Crippen LogP contribution in [0.1, 0.15) is 46.0 Å². The number of nitrogens with one attached hydrogen (secondary N) is 1. The molecule has 0 radical (unpaired) electrons. The lowest BCUT2D eigenvalue weighted by Gasteiger charge is -2.16. The smallest absolute Gasteiger partial charge is 0.0193 e. The van der Waals surface area contributed by atoms with Gasteiger partial charge in [-0.15, -0.1) is 0 Å². The van der Waals surface area contributed by atoms with Gasteiger partial charge in [-0.3, -0.25) is 0 Å². The van der Waals surface area contributed by atoms with Crippen molar-refractivity contribution < 1.29 is 0 Å². The molecular weight excluding hydrogens is 172 g/mol. The lowest BCUT2D eigenvalue weighted by Crippen LogP contribution is -2.36. The number of hydrogen-bond acceptors (Lipinski definition) is 2. The van der Waals surface area contributed by atoms with Crippen molar-refractivity contribution in [3.05, 3.63) is 12.2 Å². The molecule has 84 valence electrons. The Bertz CT molecular complexity index is 143. The van der Waals surface area contributed by atoms with Crippen molar-refractivity contribution in [1.29, 1.82) is 0 Å². The Balaban J connectivity index is 3.42. The normalized spacial score (nSPS) is 12.8. The van der Waals surface area contributed by atoms with Gasteiger partial charge in [-0.05, 0) is 13.3 Å². The molecule has 0 rings (SSSR count). The molecule has 2 nitrogen and oxygen atoms in total. The van der Waals surface area contributed by atoms with Crippen molar-refractivity contribution >= 4 is 0 Å². The van der Waals surface area contributed by atoms with E-state index in [0.717, 1.165) is 13.1 Å². The Kier molecular flexibility index (Phi) is 9.00. The Morgan fingerprint density at radius 3 is 2.57 bits per heavy atom. The van der Waals surface area contributed by atoms with E-state index in [1.807, 2.05) is 6.92 Å². The van der Waals surface area contributed by atoms with Crippen molar-refractivity contribution in [3.63, 3.8) is 0 Å². The first-order valence-corrected chi connectivity index (χ1v) is 5.78. The largest absolute Gasteiger partial charge is 0.329 e.